The summed E-state index contributed by atoms with van der Waals surface area (Å²) in [6.45, 7) is 2.28. The van der Waals surface area contributed by atoms with Gasteiger partial charge in [0, 0.05) is 38.3 Å². The zero-order chi connectivity index (χ0) is 16.8. The quantitative estimate of drug-likeness (QED) is 0.364. The molecule has 0 aromatic carbocycles. The number of nitrogens with zero attached hydrogens (tertiary/aromatic N) is 3. The SMILES string of the molecule is CN=C(NCc1ccn[nH]1)NC1CCN(C(=O)C2CCCCC2)C1.I. The molecule has 25 heavy (non-hydrogen) atoms. The Balaban J connectivity index is 0.00000225. The Kier molecular flexibility index (Phi) is 7.98. The van der Waals surface area contributed by atoms with Crippen LogP contribution >= 0.6 is 24.0 Å². The van der Waals surface area contributed by atoms with E-state index in [1.54, 1.807) is 13.2 Å². The number of hydrogen-bond acceptors (Lipinski definition) is 3. The minimum absolute atomic E-state index is 0. The maximum absolute atomic E-state index is 12.6. The molecule has 1 atom stereocenters. The molecule has 8 heteroatoms. The number of rotatable bonds is 4. The molecule has 2 fully saturated rings. The first-order chi connectivity index (χ1) is 11.8. The molecule has 0 bridgehead atoms. The molecule has 3 rings (SSSR count). The van der Waals surface area contributed by atoms with Crippen LogP contribution in [-0.2, 0) is 11.3 Å². The number of likely N-dealkylation sites (tertiary alicyclic amines) is 1. The van der Waals surface area contributed by atoms with E-state index in [1.165, 1.54) is 19.3 Å². The lowest BCUT2D eigenvalue weighted by Gasteiger charge is -2.26. The van der Waals surface area contributed by atoms with Crippen molar-refractivity contribution in [2.24, 2.45) is 10.9 Å². The van der Waals surface area contributed by atoms with Crippen molar-refractivity contribution in [3.8, 4) is 0 Å². The van der Waals surface area contributed by atoms with Crippen molar-refractivity contribution in [3.05, 3.63) is 18.0 Å². The maximum Gasteiger partial charge on any atom is 0.225 e. The van der Waals surface area contributed by atoms with Gasteiger partial charge in [-0.3, -0.25) is 14.9 Å². The Labute approximate surface area is 166 Å². The van der Waals surface area contributed by atoms with Crippen molar-refractivity contribution in [1.29, 1.82) is 0 Å². The van der Waals surface area contributed by atoms with Crippen LogP contribution in [0.2, 0.25) is 0 Å². The number of halogens is 1. The lowest BCUT2D eigenvalue weighted by Crippen LogP contribution is -2.45. The number of guanidine groups is 1. The molecule has 7 nitrogen and oxygen atoms in total. The Morgan fingerprint density at radius 2 is 2.16 bits per heavy atom. The number of aliphatic imine (C=N–C) groups is 1. The highest BCUT2D eigenvalue weighted by Crippen LogP contribution is 2.26. The fraction of sp³-hybridized carbons (Fsp3) is 0.706. The highest BCUT2D eigenvalue weighted by atomic mass is 127. The molecule has 1 saturated heterocycles. The van der Waals surface area contributed by atoms with E-state index in [4.69, 9.17) is 0 Å². The van der Waals surface area contributed by atoms with Crippen LogP contribution in [0.15, 0.2) is 17.3 Å². The second-order valence-corrected chi connectivity index (χ2v) is 6.76. The predicted octanol–water partition coefficient (Wildman–Crippen LogP) is 1.87. The Bertz CT molecular complexity index is 555. The molecule has 3 N–H and O–H groups in total. The predicted molar refractivity (Wildman–Crippen MR) is 109 cm³/mol. The van der Waals surface area contributed by atoms with E-state index in [2.05, 4.69) is 25.8 Å². The molecule has 1 aromatic rings. The molecule has 1 aromatic heterocycles. The molecule has 0 radical (unpaired) electrons. The Morgan fingerprint density at radius 3 is 2.84 bits per heavy atom. The molecule has 2 heterocycles. The number of carbonyl (C=O) groups is 1. The van der Waals surface area contributed by atoms with Crippen LogP contribution in [0, 0.1) is 5.92 Å². The molecule has 140 valence electrons. The number of nitrogens with one attached hydrogen (secondary N) is 3. The second-order valence-electron chi connectivity index (χ2n) is 6.76. The molecular weight excluding hydrogens is 431 g/mol. The van der Waals surface area contributed by atoms with E-state index in [9.17, 15) is 4.79 Å². The van der Waals surface area contributed by atoms with Crippen molar-refractivity contribution < 1.29 is 4.79 Å². The standard InChI is InChI=1S/C17H28N6O.HI/c1-18-17(19-11-14-7-9-20-22-14)21-15-8-10-23(12-15)16(24)13-5-3-2-4-6-13;/h7,9,13,15H,2-6,8,10-12H2,1H3,(H,20,22)(H2,18,19,21);1H. The molecule has 1 saturated carbocycles. The summed E-state index contributed by atoms with van der Waals surface area (Å²) in [5.41, 5.74) is 1.01. The third-order valence-corrected chi connectivity index (χ3v) is 5.02. The summed E-state index contributed by atoms with van der Waals surface area (Å²) < 4.78 is 0. The second kappa shape index (κ2) is 9.98. The van der Waals surface area contributed by atoms with Crippen LogP contribution in [0.25, 0.3) is 0 Å². The van der Waals surface area contributed by atoms with Crippen molar-refractivity contribution >= 4 is 35.8 Å². The first-order valence-corrected chi connectivity index (χ1v) is 9.00. The summed E-state index contributed by atoms with van der Waals surface area (Å²) in [6.07, 6.45) is 8.54. The van der Waals surface area contributed by atoms with Crippen LogP contribution in [-0.4, -0.2) is 53.1 Å². The van der Waals surface area contributed by atoms with Gasteiger partial charge in [0.05, 0.1) is 12.2 Å². The smallest absolute Gasteiger partial charge is 0.225 e. The van der Waals surface area contributed by atoms with Crippen molar-refractivity contribution in [1.82, 2.24) is 25.7 Å². The maximum atomic E-state index is 12.6. The van der Waals surface area contributed by atoms with Gasteiger partial charge in [0.1, 0.15) is 0 Å². The number of amides is 1. The van der Waals surface area contributed by atoms with Gasteiger partial charge in [-0.1, -0.05) is 19.3 Å². The van der Waals surface area contributed by atoms with Gasteiger partial charge >= 0.3 is 0 Å². The van der Waals surface area contributed by atoms with Crippen LogP contribution in [0.1, 0.15) is 44.2 Å². The minimum atomic E-state index is 0. The zero-order valence-electron chi connectivity index (χ0n) is 14.8. The first-order valence-electron chi connectivity index (χ1n) is 9.00. The van der Waals surface area contributed by atoms with Gasteiger partial charge in [0.25, 0.3) is 0 Å². The number of aromatic amines is 1. The normalized spacial score (nSPS) is 21.7. The molecule has 2 aliphatic rings. The first kappa shape index (κ1) is 20.0. The summed E-state index contributed by atoms with van der Waals surface area (Å²) in [5, 5.41) is 13.6. The van der Waals surface area contributed by atoms with Gasteiger partial charge in [0.15, 0.2) is 5.96 Å². The van der Waals surface area contributed by atoms with Gasteiger partial charge in [-0.05, 0) is 25.3 Å². The van der Waals surface area contributed by atoms with E-state index < -0.39 is 0 Å². The fourth-order valence-corrected chi connectivity index (χ4v) is 3.64. The van der Waals surface area contributed by atoms with Crippen LogP contribution in [0.4, 0.5) is 0 Å². The summed E-state index contributed by atoms with van der Waals surface area (Å²) in [4.78, 5) is 18.9. The lowest BCUT2D eigenvalue weighted by atomic mass is 9.88. The van der Waals surface area contributed by atoms with Crippen molar-refractivity contribution in [3.63, 3.8) is 0 Å². The molecule has 1 aliphatic heterocycles. The average Bonchev–Trinajstić information content (AvgIpc) is 3.30. The third-order valence-electron chi connectivity index (χ3n) is 5.02. The van der Waals surface area contributed by atoms with Gasteiger partial charge in [0.2, 0.25) is 5.91 Å². The number of H-pyrrole nitrogens is 1. The Morgan fingerprint density at radius 1 is 1.36 bits per heavy atom. The van der Waals surface area contributed by atoms with Crippen molar-refractivity contribution in [2.75, 3.05) is 20.1 Å². The number of aromatic nitrogens is 2. The summed E-state index contributed by atoms with van der Waals surface area (Å²) in [5.74, 6) is 1.39. The van der Waals surface area contributed by atoms with E-state index in [0.717, 1.165) is 44.0 Å². The molecule has 1 aliphatic carbocycles. The number of carbonyl (C=O) groups excluding carboxylic acids is 1. The number of hydrogen-bond donors (Lipinski definition) is 3. The van der Waals surface area contributed by atoms with Gasteiger partial charge in [-0.25, -0.2) is 0 Å². The van der Waals surface area contributed by atoms with Crippen molar-refractivity contribution in [2.45, 2.75) is 51.1 Å². The van der Waals surface area contributed by atoms with E-state index in [-0.39, 0.29) is 35.9 Å². The molecule has 1 amide bonds. The highest BCUT2D eigenvalue weighted by molar-refractivity contribution is 14.0. The lowest BCUT2D eigenvalue weighted by molar-refractivity contribution is -0.135. The zero-order valence-corrected chi connectivity index (χ0v) is 17.2. The van der Waals surface area contributed by atoms with Gasteiger partial charge in [-0.2, -0.15) is 5.10 Å². The van der Waals surface area contributed by atoms with Gasteiger partial charge < -0.3 is 15.5 Å². The van der Waals surface area contributed by atoms with E-state index >= 15 is 0 Å². The molecule has 0 spiro atoms. The highest BCUT2D eigenvalue weighted by Gasteiger charge is 2.31. The van der Waals surface area contributed by atoms with E-state index in [1.807, 2.05) is 11.0 Å². The van der Waals surface area contributed by atoms with Crippen LogP contribution in [0.5, 0.6) is 0 Å². The minimum Gasteiger partial charge on any atom is -0.352 e. The Hall–Kier alpha value is -1.32. The topological polar surface area (TPSA) is 85.4 Å². The van der Waals surface area contributed by atoms with Gasteiger partial charge in [-0.15, -0.1) is 24.0 Å². The summed E-state index contributed by atoms with van der Waals surface area (Å²) in [7, 11) is 1.77. The molecule has 1 unspecified atom stereocenters. The third kappa shape index (κ3) is 5.58. The monoisotopic (exact) mass is 460 g/mol. The summed E-state index contributed by atoms with van der Waals surface area (Å²) in [6, 6.07) is 2.20. The van der Waals surface area contributed by atoms with Crippen LogP contribution in [0.3, 0.4) is 0 Å². The van der Waals surface area contributed by atoms with Crippen LogP contribution < -0.4 is 10.6 Å². The largest absolute Gasteiger partial charge is 0.352 e. The molecular formula is C17H29IN6O. The summed E-state index contributed by atoms with van der Waals surface area (Å²) >= 11 is 0. The average molecular weight is 460 g/mol. The fourth-order valence-electron chi connectivity index (χ4n) is 3.64. The van der Waals surface area contributed by atoms with E-state index in [0.29, 0.717) is 12.5 Å².